The number of carbonyl (C=O) groups is 1. The van der Waals surface area contributed by atoms with Crippen LogP contribution in [0.15, 0.2) is 110 Å². The van der Waals surface area contributed by atoms with Crippen LogP contribution in [0.5, 0.6) is 0 Å². The number of nitrogens with two attached hydrogens (primary N) is 2. The van der Waals surface area contributed by atoms with Crippen LogP contribution in [0.2, 0.25) is 0 Å². The second-order valence-corrected chi connectivity index (χ2v) is 16.0. The molecule has 2 aliphatic heterocycles. The van der Waals surface area contributed by atoms with Crippen molar-refractivity contribution in [1.29, 1.82) is 0 Å². The van der Waals surface area contributed by atoms with Gasteiger partial charge in [0.25, 0.3) is 0 Å². The fraction of sp³-hybridized carbons (Fsp3) is 0.326. The third-order valence-electron chi connectivity index (χ3n) is 11.9. The van der Waals surface area contributed by atoms with E-state index in [0.717, 1.165) is 102 Å². The minimum absolute atomic E-state index is 0.0378. The highest BCUT2D eigenvalue weighted by molar-refractivity contribution is 5.80. The topological polar surface area (TPSA) is 219 Å². The van der Waals surface area contributed by atoms with E-state index in [1.807, 2.05) is 85.2 Å². The van der Waals surface area contributed by atoms with Crippen molar-refractivity contribution in [3.63, 3.8) is 0 Å². The molecular weight excluding hydrogens is 797 g/mol. The van der Waals surface area contributed by atoms with Crippen molar-refractivity contribution in [2.24, 2.45) is 0 Å². The number of nitrogens with one attached hydrogen (secondary N) is 2. The summed E-state index contributed by atoms with van der Waals surface area (Å²) in [4.78, 5) is 22.6. The third-order valence-corrected chi connectivity index (χ3v) is 11.9. The third kappa shape index (κ3) is 8.62. The molecule has 2 saturated heterocycles. The van der Waals surface area contributed by atoms with Gasteiger partial charge >= 0.3 is 5.97 Å². The number of piperidine rings is 2. The van der Waals surface area contributed by atoms with Gasteiger partial charge in [-0.3, -0.25) is 9.36 Å². The number of rotatable bonds is 11. The van der Waals surface area contributed by atoms with Crippen molar-refractivity contribution in [1.82, 2.24) is 59.4 Å². The van der Waals surface area contributed by atoms with E-state index in [-0.39, 0.29) is 18.6 Å². The van der Waals surface area contributed by atoms with Crippen molar-refractivity contribution in [2.75, 3.05) is 50.9 Å². The molecule has 17 nitrogen and oxygen atoms in total. The van der Waals surface area contributed by atoms with E-state index >= 15 is 0 Å². The summed E-state index contributed by atoms with van der Waals surface area (Å²) >= 11 is 0. The molecule has 10 rings (SSSR count). The summed E-state index contributed by atoms with van der Waals surface area (Å²) in [5.41, 5.74) is 21.2. The zero-order valence-electron chi connectivity index (χ0n) is 35.2. The number of benzene rings is 2. The molecule has 4 unspecified atom stereocenters. The van der Waals surface area contributed by atoms with Gasteiger partial charge in [0, 0.05) is 71.7 Å². The summed E-state index contributed by atoms with van der Waals surface area (Å²) in [6.07, 6.45) is 15.2. The highest BCUT2D eigenvalue weighted by Crippen LogP contribution is 2.32. The fourth-order valence-electron chi connectivity index (χ4n) is 8.58. The molecule has 2 aliphatic rings. The number of anilines is 2. The predicted molar refractivity (Wildman–Crippen MR) is 240 cm³/mol. The minimum atomic E-state index is -0.677. The molecule has 0 bridgehead atoms. The summed E-state index contributed by atoms with van der Waals surface area (Å²) in [5, 5.41) is 34.7. The number of aliphatic hydroxyl groups excluding tert-OH is 1. The normalized spacial score (nSPS) is 17.6. The van der Waals surface area contributed by atoms with Crippen molar-refractivity contribution in [2.45, 2.75) is 56.5 Å². The van der Waals surface area contributed by atoms with Gasteiger partial charge < -0.3 is 31.9 Å². The minimum Gasteiger partial charge on any atom is -0.464 e. The number of nitrogens with zero attached hydrogens (tertiary/aromatic N) is 10. The molecule has 2 fully saturated rings. The summed E-state index contributed by atoms with van der Waals surface area (Å²) in [5.74, 6) is 1.45. The van der Waals surface area contributed by atoms with Crippen LogP contribution in [-0.4, -0.2) is 99.2 Å². The highest BCUT2D eigenvalue weighted by atomic mass is 16.5. The number of nitrogen functional groups attached to an aromatic ring is 2. The Morgan fingerprint density at radius 1 is 0.730 bits per heavy atom. The lowest BCUT2D eigenvalue weighted by Crippen LogP contribution is -2.29. The Bertz CT molecular complexity index is 2780. The first-order chi connectivity index (χ1) is 30.9. The van der Waals surface area contributed by atoms with Gasteiger partial charge in [-0.2, -0.15) is 29.4 Å². The predicted octanol–water partition coefficient (Wildman–Crippen LogP) is 5.02. The average molecular weight is 849 g/mol. The number of hydrogen-bond acceptors (Lipinski definition) is 13. The molecule has 324 valence electrons. The Hall–Kier alpha value is -6.95. The van der Waals surface area contributed by atoms with Crippen LogP contribution in [0.3, 0.4) is 0 Å². The van der Waals surface area contributed by atoms with Crippen LogP contribution in [0.1, 0.15) is 79.0 Å². The van der Waals surface area contributed by atoms with E-state index in [1.54, 1.807) is 50.1 Å². The molecule has 7 N–H and O–H groups in total. The molecule has 17 heteroatoms. The SMILES string of the molecule is CCOC(=O)C(c1ccccc1)n1cc(-c2cnn3c(N)cc(C4CCCNC4)nc23)cn1.Nc1cc(C2CCCNC2)nc2c(-c3cnn(C(CO)c4ccccc4)c3)cnn12. The van der Waals surface area contributed by atoms with Gasteiger partial charge in [0.1, 0.15) is 11.6 Å². The van der Waals surface area contributed by atoms with Crippen molar-refractivity contribution in [3.05, 3.63) is 132 Å². The summed E-state index contributed by atoms with van der Waals surface area (Å²) < 4.78 is 12.1. The number of aliphatic hydroxyl groups is 1. The molecule has 63 heavy (non-hydrogen) atoms. The number of hydrogen-bond donors (Lipinski definition) is 5. The lowest BCUT2D eigenvalue weighted by atomic mass is 9.96. The maximum Gasteiger partial charge on any atom is 0.335 e. The Balaban J connectivity index is 0.000000161. The Morgan fingerprint density at radius 2 is 1.24 bits per heavy atom. The smallest absolute Gasteiger partial charge is 0.335 e. The quantitative estimate of drug-likeness (QED) is 0.108. The molecule has 2 aromatic carbocycles. The summed E-state index contributed by atoms with van der Waals surface area (Å²) in [6, 6.07) is 22.3. The molecule has 0 spiro atoms. The van der Waals surface area contributed by atoms with Gasteiger partial charge in [0.15, 0.2) is 17.3 Å². The lowest BCUT2D eigenvalue weighted by Gasteiger charge is -2.22. The van der Waals surface area contributed by atoms with E-state index in [0.29, 0.717) is 35.7 Å². The molecule has 8 heterocycles. The monoisotopic (exact) mass is 848 g/mol. The van der Waals surface area contributed by atoms with Crippen LogP contribution in [0.25, 0.3) is 33.5 Å². The molecular formula is C46H52N14O3. The molecule has 4 atom stereocenters. The fourth-order valence-corrected chi connectivity index (χ4v) is 8.58. The van der Waals surface area contributed by atoms with Crippen molar-refractivity contribution >= 4 is 28.9 Å². The van der Waals surface area contributed by atoms with Crippen LogP contribution in [-0.2, 0) is 9.53 Å². The van der Waals surface area contributed by atoms with Crippen LogP contribution >= 0.6 is 0 Å². The molecule has 0 radical (unpaired) electrons. The molecule has 8 aromatic rings. The maximum atomic E-state index is 12.8. The second-order valence-electron chi connectivity index (χ2n) is 16.0. The van der Waals surface area contributed by atoms with Crippen LogP contribution in [0, 0.1) is 0 Å². The van der Waals surface area contributed by atoms with Crippen LogP contribution in [0.4, 0.5) is 11.6 Å². The first-order valence-electron chi connectivity index (χ1n) is 21.6. The zero-order chi connectivity index (χ0) is 43.3. The largest absolute Gasteiger partial charge is 0.464 e. The second kappa shape index (κ2) is 18.6. The lowest BCUT2D eigenvalue weighted by molar-refractivity contribution is -0.146. The standard InChI is InChI=1S/C24H27N7O2.C22H25N7O/c1-2-33-24(32)22(16-7-4-3-5-8-16)30-15-18(13-27-30)19-14-28-31-21(25)11-20(29-23(19)31)17-9-6-10-26-12-17;23-21-9-19(16-7-4-8-24-10-16)27-22-18(12-26-29(21)22)17-11-25-28(13-17)20(14-30)15-5-2-1-3-6-15/h3-5,7-8,11,13-15,17,22,26H,2,6,9-10,12,25H2,1H3;1-3,5-6,9,11-13,16,20,24,30H,4,7-8,10,14,23H2. The van der Waals surface area contributed by atoms with Gasteiger partial charge in [0.2, 0.25) is 0 Å². The average Bonchev–Trinajstić information content (AvgIpc) is 4.16. The van der Waals surface area contributed by atoms with E-state index in [4.69, 9.17) is 26.2 Å². The number of esters is 1. The first-order valence-corrected chi connectivity index (χ1v) is 21.6. The first kappa shape index (κ1) is 41.4. The van der Waals surface area contributed by atoms with Crippen LogP contribution < -0.4 is 22.1 Å². The van der Waals surface area contributed by atoms with Gasteiger partial charge in [-0.25, -0.2) is 14.8 Å². The van der Waals surface area contributed by atoms with Crippen molar-refractivity contribution < 1.29 is 14.6 Å². The molecule has 0 aliphatic carbocycles. The van der Waals surface area contributed by atoms with Crippen molar-refractivity contribution in [3.8, 4) is 22.3 Å². The Labute approximate surface area is 364 Å². The summed E-state index contributed by atoms with van der Waals surface area (Å²) in [7, 11) is 0. The zero-order valence-corrected chi connectivity index (χ0v) is 35.2. The van der Waals surface area contributed by atoms with E-state index < -0.39 is 6.04 Å². The highest BCUT2D eigenvalue weighted by Gasteiger charge is 2.27. The number of carbonyl (C=O) groups excluding carboxylic acids is 1. The number of aromatic nitrogens is 10. The van der Waals surface area contributed by atoms with E-state index in [9.17, 15) is 9.90 Å². The Morgan fingerprint density at radius 3 is 1.73 bits per heavy atom. The number of fused-ring (bicyclic) bond motifs is 2. The maximum absolute atomic E-state index is 12.8. The van der Waals surface area contributed by atoms with Gasteiger partial charge in [0.05, 0.1) is 55.4 Å². The molecule has 6 aromatic heterocycles. The number of ether oxygens (including phenoxy) is 1. The van der Waals surface area contributed by atoms with E-state index in [1.165, 1.54) is 0 Å². The Kier molecular flexibility index (Phi) is 12.2. The molecule has 0 amide bonds. The van der Waals surface area contributed by atoms with Gasteiger partial charge in [-0.15, -0.1) is 0 Å². The van der Waals surface area contributed by atoms with E-state index in [2.05, 4.69) is 31.0 Å². The summed E-state index contributed by atoms with van der Waals surface area (Å²) in [6.45, 7) is 5.95. The van der Waals surface area contributed by atoms with Gasteiger partial charge in [-0.1, -0.05) is 60.7 Å². The molecule has 0 saturated carbocycles. The van der Waals surface area contributed by atoms with Gasteiger partial charge in [-0.05, 0) is 56.8 Å².